The van der Waals surface area contributed by atoms with Crippen LogP contribution in [0.4, 0.5) is 11.4 Å². The number of benzene rings is 2. The van der Waals surface area contributed by atoms with Crippen molar-refractivity contribution in [1.29, 1.82) is 0 Å². The molecule has 0 bridgehead atoms. The van der Waals surface area contributed by atoms with Crippen LogP contribution in [0.15, 0.2) is 42.5 Å². The van der Waals surface area contributed by atoms with Crippen LogP contribution in [0, 0.1) is 0 Å². The molecule has 0 aromatic heterocycles. The molecule has 0 saturated heterocycles. The summed E-state index contributed by atoms with van der Waals surface area (Å²) in [6.07, 6.45) is 0. The molecule has 4 N–H and O–H groups in total. The highest BCUT2D eigenvalue weighted by molar-refractivity contribution is 6.09. The molecule has 0 unspecified atom stereocenters. The van der Waals surface area contributed by atoms with Crippen LogP contribution < -0.4 is 26.0 Å². The predicted octanol–water partition coefficient (Wildman–Crippen LogP) is 2.40. The van der Waals surface area contributed by atoms with Gasteiger partial charge in [0.05, 0.1) is 11.3 Å². The lowest BCUT2D eigenvalue weighted by Gasteiger charge is -2.20. The number of nitrogens with two attached hydrogens (primary N) is 1. The van der Waals surface area contributed by atoms with Gasteiger partial charge in [0.25, 0.3) is 17.7 Å². The van der Waals surface area contributed by atoms with Crippen molar-refractivity contribution in [1.82, 2.24) is 5.32 Å². The summed E-state index contributed by atoms with van der Waals surface area (Å²) in [7, 11) is 3.68. The van der Waals surface area contributed by atoms with Gasteiger partial charge >= 0.3 is 0 Å². The average molecular weight is 412 g/mol. The van der Waals surface area contributed by atoms with E-state index in [1.54, 1.807) is 36.4 Å². The second-order valence-electron chi connectivity index (χ2n) is 8.06. The zero-order valence-corrected chi connectivity index (χ0v) is 17.9. The zero-order chi connectivity index (χ0) is 22.5. The van der Waals surface area contributed by atoms with E-state index in [2.05, 4.69) is 10.6 Å². The van der Waals surface area contributed by atoms with Gasteiger partial charge in [-0.15, -0.1) is 0 Å². The standard InChI is InChI=1S/C22H28N4O4/c1-22(2,3)25-19(27)13-30-16-8-6-7-14(11-16)21(29)24-18-10-9-15(26(4)5)12-17(18)20(23)28/h6-12H,13H2,1-5H3,(H2,23,28)(H,24,29)(H,25,27). The maximum atomic E-state index is 12.7. The highest BCUT2D eigenvalue weighted by Gasteiger charge is 2.16. The van der Waals surface area contributed by atoms with E-state index in [-0.39, 0.29) is 23.6 Å². The van der Waals surface area contributed by atoms with E-state index in [4.69, 9.17) is 10.5 Å². The van der Waals surface area contributed by atoms with Gasteiger partial charge in [-0.2, -0.15) is 0 Å². The average Bonchev–Trinajstić information content (AvgIpc) is 2.65. The fourth-order valence-corrected chi connectivity index (χ4v) is 2.65. The number of carbonyl (C=O) groups is 3. The minimum absolute atomic E-state index is 0.167. The van der Waals surface area contributed by atoms with E-state index < -0.39 is 11.8 Å². The van der Waals surface area contributed by atoms with Gasteiger partial charge < -0.3 is 26.0 Å². The molecule has 8 heteroatoms. The summed E-state index contributed by atoms with van der Waals surface area (Å²) in [6.45, 7) is 5.46. The van der Waals surface area contributed by atoms with Crippen molar-refractivity contribution >= 4 is 29.1 Å². The van der Waals surface area contributed by atoms with Crippen LogP contribution in [0.2, 0.25) is 0 Å². The van der Waals surface area contributed by atoms with Crippen LogP contribution in [-0.2, 0) is 4.79 Å². The Morgan fingerprint density at radius 2 is 1.77 bits per heavy atom. The lowest BCUT2D eigenvalue weighted by molar-refractivity contribution is -0.124. The summed E-state index contributed by atoms with van der Waals surface area (Å²) in [5.41, 5.74) is 6.73. The number of primary amides is 1. The molecule has 0 atom stereocenters. The van der Waals surface area contributed by atoms with Gasteiger partial charge in [0.2, 0.25) is 0 Å². The van der Waals surface area contributed by atoms with Crippen LogP contribution >= 0.6 is 0 Å². The number of anilines is 2. The monoisotopic (exact) mass is 412 g/mol. The van der Waals surface area contributed by atoms with Crippen LogP contribution in [0.3, 0.4) is 0 Å². The molecule has 0 aliphatic heterocycles. The maximum absolute atomic E-state index is 12.7. The van der Waals surface area contributed by atoms with E-state index in [0.29, 0.717) is 17.0 Å². The Labute approximate surface area is 176 Å². The number of nitrogens with one attached hydrogen (secondary N) is 2. The zero-order valence-electron chi connectivity index (χ0n) is 17.9. The molecule has 0 spiro atoms. The Morgan fingerprint density at radius 1 is 1.07 bits per heavy atom. The van der Waals surface area contributed by atoms with Crippen molar-refractivity contribution in [2.75, 3.05) is 30.9 Å². The van der Waals surface area contributed by atoms with Crippen molar-refractivity contribution in [3.8, 4) is 5.75 Å². The number of amides is 3. The third-order valence-corrected chi connectivity index (χ3v) is 4.01. The quantitative estimate of drug-likeness (QED) is 0.646. The lowest BCUT2D eigenvalue weighted by Crippen LogP contribution is -2.43. The minimum Gasteiger partial charge on any atom is -0.484 e. The van der Waals surface area contributed by atoms with Gasteiger partial charge in [0, 0.05) is 30.9 Å². The molecular weight excluding hydrogens is 384 g/mol. The van der Waals surface area contributed by atoms with E-state index >= 15 is 0 Å². The van der Waals surface area contributed by atoms with E-state index in [1.807, 2.05) is 39.8 Å². The van der Waals surface area contributed by atoms with Crippen molar-refractivity contribution in [2.24, 2.45) is 5.73 Å². The summed E-state index contributed by atoms with van der Waals surface area (Å²) >= 11 is 0. The summed E-state index contributed by atoms with van der Waals surface area (Å²) in [5, 5.41) is 5.50. The Bertz CT molecular complexity index is 948. The lowest BCUT2D eigenvalue weighted by atomic mass is 10.1. The molecule has 2 rings (SSSR count). The van der Waals surface area contributed by atoms with E-state index in [1.165, 1.54) is 6.07 Å². The van der Waals surface area contributed by atoms with Crippen molar-refractivity contribution in [2.45, 2.75) is 26.3 Å². The van der Waals surface area contributed by atoms with Gasteiger partial charge in [-0.3, -0.25) is 14.4 Å². The maximum Gasteiger partial charge on any atom is 0.258 e. The Hall–Kier alpha value is -3.55. The van der Waals surface area contributed by atoms with Gasteiger partial charge in [0.1, 0.15) is 5.75 Å². The predicted molar refractivity (Wildman–Crippen MR) is 117 cm³/mol. The summed E-state index contributed by atoms with van der Waals surface area (Å²) < 4.78 is 5.49. The van der Waals surface area contributed by atoms with Gasteiger partial charge in [0.15, 0.2) is 6.61 Å². The Kier molecular flexibility index (Phi) is 7.05. The third-order valence-electron chi connectivity index (χ3n) is 4.01. The topological polar surface area (TPSA) is 114 Å². The van der Waals surface area contributed by atoms with Crippen molar-refractivity contribution in [3.63, 3.8) is 0 Å². The first-order chi connectivity index (χ1) is 14.0. The summed E-state index contributed by atoms with van der Waals surface area (Å²) in [6, 6.07) is 11.5. The number of rotatable bonds is 7. The first-order valence-corrected chi connectivity index (χ1v) is 9.42. The number of nitrogens with zero attached hydrogens (tertiary/aromatic N) is 1. The van der Waals surface area contributed by atoms with Crippen LogP contribution in [0.1, 0.15) is 41.5 Å². The molecule has 0 aliphatic rings. The SMILES string of the molecule is CN(C)c1ccc(NC(=O)c2cccc(OCC(=O)NC(C)(C)C)c2)c(C(N)=O)c1. The molecule has 160 valence electrons. The number of carbonyl (C=O) groups excluding carboxylic acids is 3. The number of hydrogen-bond donors (Lipinski definition) is 3. The first-order valence-electron chi connectivity index (χ1n) is 9.42. The summed E-state index contributed by atoms with van der Waals surface area (Å²) in [4.78, 5) is 38.2. The Morgan fingerprint density at radius 3 is 2.37 bits per heavy atom. The van der Waals surface area contributed by atoms with Crippen molar-refractivity contribution < 1.29 is 19.1 Å². The van der Waals surface area contributed by atoms with Gasteiger partial charge in [-0.05, 0) is 57.2 Å². The molecule has 30 heavy (non-hydrogen) atoms. The normalized spacial score (nSPS) is 10.8. The second kappa shape index (κ2) is 9.30. The second-order valence-corrected chi connectivity index (χ2v) is 8.06. The molecule has 0 radical (unpaired) electrons. The number of ether oxygens (including phenoxy) is 1. The minimum atomic E-state index is -0.643. The van der Waals surface area contributed by atoms with E-state index in [0.717, 1.165) is 5.69 Å². The fraction of sp³-hybridized carbons (Fsp3) is 0.318. The molecule has 0 saturated carbocycles. The van der Waals surface area contributed by atoms with Crippen LogP contribution in [0.25, 0.3) is 0 Å². The molecule has 2 aromatic rings. The first kappa shape index (κ1) is 22.7. The highest BCUT2D eigenvalue weighted by atomic mass is 16.5. The summed E-state index contributed by atoms with van der Waals surface area (Å²) in [5.74, 6) is -0.954. The highest BCUT2D eigenvalue weighted by Crippen LogP contribution is 2.23. The van der Waals surface area contributed by atoms with E-state index in [9.17, 15) is 14.4 Å². The van der Waals surface area contributed by atoms with Crippen molar-refractivity contribution in [3.05, 3.63) is 53.6 Å². The molecule has 0 aliphatic carbocycles. The van der Waals surface area contributed by atoms with Gasteiger partial charge in [-0.1, -0.05) is 6.07 Å². The molecule has 8 nitrogen and oxygen atoms in total. The smallest absolute Gasteiger partial charge is 0.258 e. The molecule has 2 aromatic carbocycles. The largest absolute Gasteiger partial charge is 0.484 e. The number of hydrogen-bond acceptors (Lipinski definition) is 5. The Balaban J connectivity index is 2.12. The fourth-order valence-electron chi connectivity index (χ4n) is 2.65. The molecule has 0 fully saturated rings. The van der Waals surface area contributed by atoms with Crippen LogP contribution in [-0.4, -0.2) is 44.0 Å². The molecule has 3 amide bonds. The molecular formula is C22H28N4O4. The van der Waals surface area contributed by atoms with Crippen LogP contribution in [0.5, 0.6) is 5.75 Å². The van der Waals surface area contributed by atoms with Gasteiger partial charge in [-0.25, -0.2) is 0 Å². The molecule has 0 heterocycles. The third kappa shape index (κ3) is 6.51.